The molecule has 1 saturated heterocycles. The van der Waals surface area contributed by atoms with Crippen LogP contribution in [0.15, 0.2) is 0 Å². The molecule has 0 unspecified atom stereocenters. The molecule has 0 spiro atoms. The molecule has 1 aliphatic rings. The first kappa shape index (κ1) is 8.93. The van der Waals surface area contributed by atoms with Crippen LogP contribution in [0.1, 0.15) is 12.8 Å². The Morgan fingerprint density at radius 3 is 2.64 bits per heavy atom. The lowest BCUT2D eigenvalue weighted by atomic mass is 10.3. The summed E-state index contributed by atoms with van der Waals surface area (Å²) >= 11 is 0. The molecule has 4 nitrogen and oxygen atoms in total. The molecule has 1 fully saturated rings. The first-order valence-electron chi connectivity index (χ1n) is 3.89. The molecule has 4 heteroatoms. The topological polar surface area (TPSA) is 47.9 Å². The summed E-state index contributed by atoms with van der Waals surface area (Å²) in [6, 6.07) is 0. The molecule has 66 valence electrons. The number of rotatable bonds is 5. The van der Waals surface area contributed by atoms with E-state index in [9.17, 15) is 0 Å². The molecular formula is C7H14O4. The van der Waals surface area contributed by atoms with Crippen LogP contribution in [0.25, 0.3) is 0 Å². The van der Waals surface area contributed by atoms with Crippen LogP contribution in [0.2, 0.25) is 0 Å². The molecule has 1 aliphatic heterocycles. The van der Waals surface area contributed by atoms with Gasteiger partial charge in [0.2, 0.25) is 0 Å². The van der Waals surface area contributed by atoms with E-state index in [1.807, 2.05) is 0 Å². The predicted molar refractivity (Wildman–Crippen MR) is 38.0 cm³/mol. The van der Waals surface area contributed by atoms with Crippen molar-refractivity contribution in [2.45, 2.75) is 19.3 Å². The third-order valence-corrected chi connectivity index (χ3v) is 1.40. The molecule has 1 rings (SSSR count). The number of ether oxygens (including phenoxy) is 3. The largest absolute Gasteiger partial charge is 0.396 e. The van der Waals surface area contributed by atoms with E-state index in [-0.39, 0.29) is 6.61 Å². The fourth-order valence-electron chi connectivity index (χ4n) is 0.826. The van der Waals surface area contributed by atoms with E-state index in [0.717, 1.165) is 12.8 Å². The van der Waals surface area contributed by atoms with Crippen LogP contribution >= 0.6 is 0 Å². The van der Waals surface area contributed by atoms with Gasteiger partial charge in [-0.05, 0) is 12.8 Å². The Morgan fingerprint density at radius 1 is 1.27 bits per heavy atom. The van der Waals surface area contributed by atoms with E-state index in [1.54, 1.807) is 0 Å². The third kappa shape index (κ3) is 3.67. The Kier molecular flexibility index (Phi) is 4.45. The van der Waals surface area contributed by atoms with Gasteiger partial charge in [-0.25, -0.2) is 0 Å². The fourth-order valence-corrected chi connectivity index (χ4v) is 0.826. The van der Waals surface area contributed by atoms with Crippen molar-refractivity contribution in [2.24, 2.45) is 0 Å². The molecule has 0 atom stereocenters. The Labute approximate surface area is 66.1 Å². The molecule has 0 saturated carbocycles. The first-order chi connectivity index (χ1) is 5.43. The second-order valence-electron chi connectivity index (χ2n) is 2.33. The summed E-state index contributed by atoms with van der Waals surface area (Å²) in [6.45, 7) is 1.57. The van der Waals surface area contributed by atoms with Crippen molar-refractivity contribution in [1.82, 2.24) is 0 Å². The minimum Gasteiger partial charge on any atom is -0.396 e. The van der Waals surface area contributed by atoms with Crippen LogP contribution < -0.4 is 0 Å². The van der Waals surface area contributed by atoms with Crippen molar-refractivity contribution in [3.05, 3.63) is 0 Å². The van der Waals surface area contributed by atoms with Gasteiger partial charge in [-0.1, -0.05) is 0 Å². The van der Waals surface area contributed by atoms with Crippen LogP contribution in [0.3, 0.4) is 0 Å². The average molecular weight is 162 g/mol. The Balaban J connectivity index is 1.86. The van der Waals surface area contributed by atoms with Crippen molar-refractivity contribution in [3.63, 3.8) is 0 Å². The number of aliphatic hydroxyl groups is 1. The zero-order valence-electron chi connectivity index (χ0n) is 6.49. The quantitative estimate of drug-likeness (QED) is 0.583. The summed E-state index contributed by atoms with van der Waals surface area (Å²) in [5, 5.41) is 8.44. The van der Waals surface area contributed by atoms with Crippen molar-refractivity contribution < 1.29 is 19.3 Å². The van der Waals surface area contributed by atoms with Gasteiger partial charge < -0.3 is 19.3 Å². The van der Waals surface area contributed by atoms with Crippen LogP contribution in [-0.2, 0) is 14.2 Å². The normalized spacial score (nSPS) is 19.4. The smallest absolute Gasteiger partial charge is 0.271 e. The Hall–Kier alpha value is -0.160. The molecule has 1 N–H and O–H groups in total. The molecule has 0 aromatic carbocycles. The lowest BCUT2D eigenvalue weighted by Crippen LogP contribution is -2.13. The van der Waals surface area contributed by atoms with Crippen LogP contribution in [0.5, 0.6) is 0 Å². The van der Waals surface area contributed by atoms with Gasteiger partial charge in [0.25, 0.3) is 6.48 Å². The number of hydrogen-bond acceptors (Lipinski definition) is 4. The maximum absolute atomic E-state index is 8.44. The van der Waals surface area contributed by atoms with Gasteiger partial charge >= 0.3 is 0 Å². The second kappa shape index (κ2) is 5.49. The molecule has 0 bridgehead atoms. The fraction of sp³-hybridized carbons (Fsp3) is 1.00. The second-order valence-corrected chi connectivity index (χ2v) is 2.33. The van der Waals surface area contributed by atoms with Gasteiger partial charge in [0.05, 0.1) is 19.8 Å². The SMILES string of the molecule is OCCCCOC1OCCO1. The summed E-state index contributed by atoms with van der Waals surface area (Å²) < 4.78 is 15.2. The Morgan fingerprint density at radius 2 is 2.00 bits per heavy atom. The summed E-state index contributed by atoms with van der Waals surface area (Å²) in [5.41, 5.74) is 0. The highest BCUT2D eigenvalue weighted by atomic mass is 16.9. The summed E-state index contributed by atoms with van der Waals surface area (Å²) in [4.78, 5) is 0. The minimum absolute atomic E-state index is 0.218. The average Bonchev–Trinajstić information content (AvgIpc) is 2.50. The van der Waals surface area contributed by atoms with Crippen LogP contribution in [0.4, 0.5) is 0 Å². The first-order valence-corrected chi connectivity index (χ1v) is 3.89. The monoisotopic (exact) mass is 162 g/mol. The maximum atomic E-state index is 8.44. The lowest BCUT2D eigenvalue weighted by molar-refractivity contribution is -0.230. The number of unbranched alkanes of at least 4 members (excludes halogenated alkanes) is 1. The third-order valence-electron chi connectivity index (χ3n) is 1.40. The Bertz CT molecular complexity index is 90.4. The predicted octanol–water partition coefficient (Wildman–Crippen LogP) is 0.106. The summed E-state index contributed by atoms with van der Waals surface area (Å²) in [7, 11) is 0. The highest BCUT2D eigenvalue weighted by molar-refractivity contribution is 4.41. The molecule has 0 radical (unpaired) electrons. The lowest BCUT2D eigenvalue weighted by Gasteiger charge is -2.08. The van der Waals surface area contributed by atoms with Gasteiger partial charge in [0, 0.05) is 6.61 Å². The number of aliphatic hydroxyl groups excluding tert-OH is 1. The number of hydrogen-bond donors (Lipinski definition) is 1. The van der Waals surface area contributed by atoms with E-state index in [4.69, 9.17) is 19.3 Å². The van der Waals surface area contributed by atoms with Gasteiger partial charge in [-0.3, -0.25) is 0 Å². The van der Waals surface area contributed by atoms with Crippen molar-refractivity contribution in [1.29, 1.82) is 0 Å². The maximum Gasteiger partial charge on any atom is 0.271 e. The van der Waals surface area contributed by atoms with Gasteiger partial charge in [0.15, 0.2) is 0 Å². The van der Waals surface area contributed by atoms with E-state index in [2.05, 4.69) is 0 Å². The van der Waals surface area contributed by atoms with E-state index in [1.165, 1.54) is 0 Å². The molecule has 0 amide bonds. The van der Waals surface area contributed by atoms with E-state index >= 15 is 0 Å². The zero-order valence-corrected chi connectivity index (χ0v) is 6.49. The zero-order chi connectivity index (χ0) is 7.94. The van der Waals surface area contributed by atoms with Crippen molar-refractivity contribution >= 4 is 0 Å². The molecule has 0 aromatic rings. The van der Waals surface area contributed by atoms with E-state index < -0.39 is 6.48 Å². The highest BCUT2D eigenvalue weighted by Gasteiger charge is 2.15. The van der Waals surface area contributed by atoms with Crippen LogP contribution in [0, 0.1) is 0 Å². The van der Waals surface area contributed by atoms with Crippen molar-refractivity contribution in [2.75, 3.05) is 26.4 Å². The summed E-state index contributed by atoms with van der Waals surface area (Å²) in [5.74, 6) is 0. The molecule has 11 heavy (non-hydrogen) atoms. The van der Waals surface area contributed by atoms with Gasteiger partial charge in [-0.15, -0.1) is 0 Å². The van der Waals surface area contributed by atoms with E-state index in [0.29, 0.717) is 19.8 Å². The van der Waals surface area contributed by atoms with Gasteiger partial charge in [0.1, 0.15) is 0 Å². The molecule has 0 aliphatic carbocycles. The standard InChI is InChI=1S/C7H14O4/c8-3-1-2-4-9-7-10-5-6-11-7/h7-8H,1-6H2. The van der Waals surface area contributed by atoms with Gasteiger partial charge in [-0.2, -0.15) is 0 Å². The molecule has 1 heterocycles. The summed E-state index contributed by atoms with van der Waals surface area (Å²) in [6.07, 6.45) is 1.62. The molecular weight excluding hydrogens is 148 g/mol. The van der Waals surface area contributed by atoms with Crippen molar-refractivity contribution in [3.8, 4) is 0 Å². The molecule has 0 aromatic heterocycles. The minimum atomic E-state index is -0.464. The highest BCUT2D eigenvalue weighted by Crippen LogP contribution is 2.05. The van der Waals surface area contributed by atoms with Crippen LogP contribution in [-0.4, -0.2) is 38.0 Å².